The predicted molar refractivity (Wildman–Crippen MR) is 58.8 cm³/mol. The van der Waals surface area contributed by atoms with Gasteiger partial charge in [0.25, 0.3) is 0 Å². The van der Waals surface area contributed by atoms with E-state index in [0.29, 0.717) is 12.3 Å². The molecular formula is C11H11NO2S. The molecule has 0 radical (unpaired) electrons. The van der Waals surface area contributed by atoms with Gasteiger partial charge in [0, 0.05) is 17.1 Å². The van der Waals surface area contributed by atoms with E-state index in [9.17, 15) is 0 Å². The molecule has 2 aromatic rings. The van der Waals surface area contributed by atoms with Gasteiger partial charge >= 0.3 is 0 Å². The summed E-state index contributed by atoms with van der Waals surface area (Å²) in [4.78, 5) is 5.15. The van der Waals surface area contributed by atoms with Crippen molar-refractivity contribution in [3.8, 4) is 5.75 Å². The molecule has 0 fully saturated rings. The molecule has 2 heterocycles. The quantitative estimate of drug-likeness (QED) is 0.860. The number of aliphatic hydroxyl groups excluding tert-OH is 1. The summed E-state index contributed by atoms with van der Waals surface area (Å²) in [6.45, 7) is 0.503. The second-order valence-corrected chi connectivity index (χ2v) is 4.04. The zero-order chi connectivity index (χ0) is 10.5. The first-order valence-electron chi connectivity index (χ1n) is 4.59. The molecule has 0 saturated heterocycles. The van der Waals surface area contributed by atoms with Gasteiger partial charge in [-0.2, -0.15) is 0 Å². The van der Waals surface area contributed by atoms with E-state index in [2.05, 4.69) is 4.98 Å². The maximum absolute atomic E-state index is 8.90. The van der Waals surface area contributed by atoms with E-state index >= 15 is 0 Å². The van der Waals surface area contributed by atoms with E-state index in [4.69, 9.17) is 9.84 Å². The zero-order valence-electron chi connectivity index (χ0n) is 8.09. The molecule has 0 aromatic carbocycles. The third-order valence-electron chi connectivity index (χ3n) is 1.91. The Morgan fingerprint density at radius 3 is 3.07 bits per heavy atom. The van der Waals surface area contributed by atoms with Gasteiger partial charge in [-0.3, -0.25) is 4.98 Å². The largest absolute Gasteiger partial charge is 0.488 e. The number of aliphatic hydroxyl groups is 1. The molecule has 78 valence electrons. The lowest BCUT2D eigenvalue weighted by atomic mass is 10.3. The number of nitrogens with zero attached hydrogens (tertiary/aromatic N) is 1. The second kappa shape index (κ2) is 4.91. The lowest BCUT2D eigenvalue weighted by Crippen LogP contribution is -1.95. The lowest BCUT2D eigenvalue weighted by Gasteiger charge is -2.04. The molecule has 2 aromatic heterocycles. The van der Waals surface area contributed by atoms with Crippen LogP contribution < -0.4 is 4.74 Å². The summed E-state index contributed by atoms with van der Waals surface area (Å²) in [5.74, 6) is 0.738. The molecular weight excluding hydrogens is 210 g/mol. The molecule has 0 atom stereocenters. The monoisotopic (exact) mass is 221 g/mol. The van der Waals surface area contributed by atoms with Gasteiger partial charge in [0.15, 0.2) is 0 Å². The van der Waals surface area contributed by atoms with Gasteiger partial charge in [-0.25, -0.2) is 0 Å². The minimum Gasteiger partial charge on any atom is -0.488 e. The molecule has 2 rings (SSSR count). The zero-order valence-corrected chi connectivity index (χ0v) is 8.91. The van der Waals surface area contributed by atoms with Crippen LogP contribution in [0.1, 0.15) is 10.6 Å². The Balaban J connectivity index is 1.98. The van der Waals surface area contributed by atoms with Crippen molar-refractivity contribution in [1.82, 2.24) is 4.98 Å². The summed E-state index contributed by atoms with van der Waals surface area (Å²) in [5, 5.41) is 10.9. The Labute approximate surface area is 92.0 Å². The van der Waals surface area contributed by atoms with Gasteiger partial charge in [0.05, 0.1) is 12.3 Å². The summed E-state index contributed by atoms with van der Waals surface area (Å²) in [6.07, 6.45) is 1.63. The van der Waals surface area contributed by atoms with Crippen molar-refractivity contribution in [2.75, 3.05) is 0 Å². The Morgan fingerprint density at radius 2 is 2.33 bits per heavy atom. The number of hydrogen-bond donors (Lipinski definition) is 1. The van der Waals surface area contributed by atoms with Crippen LogP contribution in [0.3, 0.4) is 0 Å². The standard InChI is InChI=1S/C11H11NO2S/c13-7-9-6-10(3-4-12-9)14-8-11-2-1-5-15-11/h1-6,13H,7-8H2. The number of ether oxygens (including phenoxy) is 1. The van der Waals surface area contributed by atoms with Gasteiger partial charge < -0.3 is 9.84 Å². The van der Waals surface area contributed by atoms with E-state index in [-0.39, 0.29) is 6.61 Å². The van der Waals surface area contributed by atoms with Gasteiger partial charge in [-0.15, -0.1) is 11.3 Å². The van der Waals surface area contributed by atoms with Crippen LogP contribution in [0.2, 0.25) is 0 Å². The minimum atomic E-state index is -0.0593. The number of aromatic nitrogens is 1. The highest BCUT2D eigenvalue weighted by Gasteiger charge is 1.98. The Kier molecular flexibility index (Phi) is 3.32. The highest BCUT2D eigenvalue weighted by molar-refractivity contribution is 7.09. The molecule has 15 heavy (non-hydrogen) atoms. The third-order valence-corrected chi connectivity index (χ3v) is 2.76. The smallest absolute Gasteiger partial charge is 0.123 e. The van der Waals surface area contributed by atoms with Crippen molar-refractivity contribution < 1.29 is 9.84 Å². The molecule has 0 spiro atoms. The summed E-state index contributed by atoms with van der Waals surface area (Å²) in [5.41, 5.74) is 0.624. The number of hydrogen-bond acceptors (Lipinski definition) is 4. The first-order valence-corrected chi connectivity index (χ1v) is 5.47. The lowest BCUT2D eigenvalue weighted by molar-refractivity contribution is 0.273. The summed E-state index contributed by atoms with van der Waals surface area (Å²) in [6, 6.07) is 7.55. The van der Waals surface area contributed by atoms with Crippen LogP contribution in [0.5, 0.6) is 5.75 Å². The average molecular weight is 221 g/mol. The molecule has 0 aliphatic rings. The molecule has 0 aliphatic carbocycles. The van der Waals surface area contributed by atoms with Crippen LogP contribution in [0.4, 0.5) is 0 Å². The van der Waals surface area contributed by atoms with Crippen molar-refractivity contribution >= 4 is 11.3 Å². The summed E-state index contributed by atoms with van der Waals surface area (Å²) in [7, 11) is 0. The highest BCUT2D eigenvalue weighted by Crippen LogP contribution is 2.15. The second-order valence-electron chi connectivity index (χ2n) is 3.01. The maximum Gasteiger partial charge on any atom is 0.123 e. The van der Waals surface area contributed by atoms with Crippen LogP contribution in [-0.4, -0.2) is 10.1 Å². The van der Waals surface area contributed by atoms with E-state index in [1.807, 2.05) is 17.5 Å². The SMILES string of the molecule is OCc1cc(OCc2cccs2)ccn1. The third kappa shape index (κ3) is 2.78. The Bertz CT molecular complexity index is 414. The van der Waals surface area contributed by atoms with Gasteiger partial charge in [-0.05, 0) is 17.5 Å². The van der Waals surface area contributed by atoms with E-state index < -0.39 is 0 Å². The molecule has 4 heteroatoms. The first-order chi connectivity index (χ1) is 7.38. The first kappa shape index (κ1) is 10.1. The summed E-state index contributed by atoms with van der Waals surface area (Å²) < 4.78 is 5.55. The highest BCUT2D eigenvalue weighted by atomic mass is 32.1. The topological polar surface area (TPSA) is 42.4 Å². The minimum absolute atomic E-state index is 0.0593. The van der Waals surface area contributed by atoms with Crippen molar-refractivity contribution in [2.45, 2.75) is 13.2 Å². The van der Waals surface area contributed by atoms with Crippen LogP contribution in [0.15, 0.2) is 35.8 Å². The number of thiophene rings is 1. The Morgan fingerprint density at radius 1 is 1.40 bits per heavy atom. The van der Waals surface area contributed by atoms with Crippen LogP contribution in [0.25, 0.3) is 0 Å². The van der Waals surface area contributed by atoms with E-state index in [0.717, 1.165) is 5.75 Å². The fourth-order valence-electron chi connectivity index (χ4n) is 1.18. The molecule has 0 aliphatic heterocycles. The molecule has 0 unspecified atom stereocenters. The van der Waals surface area contributed by atoms with Crippen LogP contribution >= 0.6 is 11.3 Å². The van der Waals surface area contributed by atoms with Crippen molar-refractivity contribution in [3.05, 3.63) is 46.4 Å². The molecule has 0 amide bonds. The maximum atomic E-state index is 8.90. The van der Waals surface area contributed by atoms with Gasteiger partial charge in [0.1, 0.15) is 12.4 Å². The van der Waals surface area contributed by atoms with Crippen molar-refractivity contribution in [3.63, 3.8) is 0 Å². The Hall–Kier alpha value is -1.39. The molecule has 3 nitrogen and oxygen atoms in total. The van der Waals surface area contributed by atoms with Crippen molar-refractivity contribution in [2.24, 2.45) is 0 Å². The molecule has 1 N–H and O–H groups in total. The fraction of sp³-hybridized carbons (Fsp3) is 0.182. The van der Waals surface area contributed by atoms with Crippen LogP contribution in [0, 0.1) is 0 Å². The fourth-order valence-corrected chi connectivity index (χ4v) is 1.80. The summed E-state index contributed by atoms with van der Waals surface area (Å²) >= 11 is 1.66. The van der Waals surface area contributed by atoms with E-state index in [1.165, 1.54) is 4.88 Å². The van der Waals surface area contributed by atoms with Crippen molar-refractivity contribution in [1.29, 1.82) is 0 Å². The molecule has 0 bridgehead atoms. The average Bonchev–Trinajstić information content (AvgIpc) is 2.79. The van der Waals surface area contributed by atoms with Crippen LogP contribution in [-0.2, 0) is 13.2 Å². The van der Waals surface area contributed by atoms with Gasteiger partial charge in [-0.1, -0.05) is 6.07 Å². The van der Waals surface area contributed by atoms with Gasteiger partial charge in [0.2, 0.25) is 0 Å². The predicted octanol–water partition coefficient (Wildman–Crippen LogP) is 2.21. The normalized spacial score (nSPS) is 10.2. The number of rotatable bonds is 4. The number of pyridine rings is 1. The molecule has 0 saturated carbocycles. The van der Waals surface area contributed by atoms with E-state index in [1.54, 1.807) is 29.7 Å².